The molecule has 2 aromatic heterocycles. The van der Waals surface area contributed by atoms with Crippen LogP contribution in [-0.4, -0.2) is 27.5 Å². The Hall–Kier alpha value is -1.91. The minimum atomic E-state index is -0.0997. The molecule has 0 aromatic carbocycles. The molecule has 0 aliphatic carbocycles. The zero-order valence-electron chi connectivity index (χ0n) is 11.2. The predicted octanol–water partition coefficient (Wildman–Crippen LogP) is 2.62. The maximum atomic E-state index is 11.1. The number of aromatic amines is 1. The Bertz CT molecular complexity index is 503. The number of hydrogen-bond donors (Lipinski definition) is 1. The average molecular weight is 261 g/mol. The largest absolute Gasteiger partial charge is 0.466 e. The summed E-state index contributed by atoms with van der Waals surface area (Å²) in [5, 5.41) is 0. The minimum Gasteiger partial charge on any atom is -0.466 e. The molecule has 0 saturated heterocycles. The van der Waals surface area contributed by atoms with Crippen molar-refractivity contribution >= 4 is 17.0 Å². The molecule has 0 atom stereocenters. The van der Waals surface area contributed by atoms with Gasteiger partial charge in [0.05, 0.1) is 23.8 Å². The summed E-state index contributed by atoms with van der Waals surface area (Å²) in [5.41, 5.74) is 1.93. The summed E-state index contributed by atoms with van der Waals surface area (Å²) >= 11 is 0. The number of H-pyrrole nitrogens is 1. The molecule has 19 heavy (non-hydrogen) atoms. The van der Waals surface area contributed by atoms with Gasteiger partial charge in [0, 0.05) is 19.0 Å². The van der Waals surface area contributed by atoms with Crippen molar-refractivity contribution in [1.29, 1.82) is 0 Å². The number of nitrogens with zero attached hydrogens (tertiary/aromatic N) is 2. The Morgan fingerprint density at radius 1 is 1.37 bits per heavy atom. The van der Waals surface area contributed by atoms with Crippen LogP contribution < -0.4 is 0 Å². The van der Waals surface area contributed by atoms with Gasteiger partial charge >= 0.3 is 5.97 Å². The van der Waals surface area contributed by atoms with Gasteiger partial charge in [-0.25, -0.2) is 4.98 Å². The van der Waals surface area contributed by atoms with Gasteiger partial charge in [0.1, 0.15) is 5.82 Å². The van der Waals surface area contributed by atoms with Crippen LogP contribution in [0.2, 0.25) is 0 Å². The van der Waals surface area contributed by atoms with Crippen molar-refractivity contribution in [3.63, 3.8) is 0 Å². The number of pyridine rings is 1. The Labute approximate surface area is 112 Å². The predicted molar refractivity (Wildman–Crippen MR) is 72.7 cm³/mol. The Balaban J connectivity index is 1.69. The van der Waals surface area contributed by atoms with Gasteiger partial charge in [-0.1, -0.05) is 6.42 Å². The van der Waals surface area contributed by atoms with E-state index in [1.165, 1.54) is 0 Å². The van der Waals surface area contributed by atoms with Gasteiger partial charge in [0.25, 0.3) is 0 Å². The SMILES string of the molecule is CCOC(=O)CCCCCc1nc2ccncc2[nH]1. The van der Waals surface area contributed by atoms with E-state index in [4.69, 9.17) is 4.74 Å². The number of aromatic nitrogens is 3. The maximum absolute atomic E-state index is 11.1. The van der Waals surface area contributed by atoms with E-state index in [1.54, 1.807) is 12.4 Å². The van der Waals surface area contributed by atoms with Crippen LogP contribution in [0.15, 0.2) is 18.5 Å². The molecule has 2 rings (SSSR count). The summed E-state index contributed by atoms with van der Waals surface area (Å²) in [6.45, 7) is 2.29. The second-order valence-corrected chi connectivity index (χ2v) is 4.44. The normalized spacial score (nSPS) is 10.8. The topological polar surface area (TPSA) is 67.9 Å². The van der Waals surface area contributed by atoms with E-state index in [0.29, 0.717) is 13.0 Å². The van der Waals surface area contributed by atoms with Crippen molar-refractivity contribution in [1.82, 2.24) is 15.0 Å². The Kier molecular flexibility index (Phi) is 4.89. The van der Waals surface area contributed by atoms with E-state index >= 15 is 0 Å². The van der Waals surface area contributed by atoms with Gasteiger partial charge in [0.2, 0.25) is 0 Å². The first-order valence-corrected chi connectivity index (χ1v) is 6.74. The molecule has 0 radical (unpaired) electrons. The number of carbonyl (C=O) groups is 1. The highest BCUT2D eigenvalue weighted by atomic mass is 16.5. The zero-order chi connectivity index (χ0) is 13.5. The smallest absolute Gasteiger partial charge is 0.305 e. The molecule has 2 aromatic rings. The van der Waals surface area contributed by atoms with E-state index in [9.17, 15) is 4.79 Å². The number of nitrogens with one attached hydrogen (secondary N) is 1. The third kappa shape index (κ3) is 4.05. The number of esters is 1. The number of fused-ring (bicyclic) bond motifs is 1. The van der Waals surface area contributed by atoms with Gasteiger partial charge in [0.15, 0.2) is 0 Å². The van der Waals surface area contributed by atoms with Crippen LogP contribution in [0.25, 0.3) is 11.0 Å². The van der Waals surface area contributed by atoms with Gasteiger partial charge in [-0.05, 0) is 25.8 Å². The fraction of sp³-hybridized carbons (Fsp3) is 0.500. The van der Waals surface area contributed by atoms with Crippen LogP contribution in [0.5, 0.6) is 0 Å². The molecule has 0 aliphatic heterocycles. The lowest BCUT2D eigenvalue weighted by Gasteiger charge is -2.01. The third-order valence-electron chi connectivity index (χ3n) is 2.93. The Morgan fingerprint density at radius 2 is 2.26 bits per heavy atom. The first-order chi connectivity index (χ1) is 9.29. The molecular weight excluding hydrogens is 242 g/mol. The van der Waals surface area contributed by atoms with Gasteiger partial charge in [-0.2, -0.15) is 0 Å². The lowest BCUT2D eigenvalue weighted by molar-refractivity contribution is -0.143. The van der Waals surface area contributed by atoms with Crippen LogP contribution in [0.3, 0.4) is 0 Å². The number of rotatable bonds is 7. The summed E-state index contributed by atoms with van der Waals surface area (Å²) in [5.74, 6) is 0.886. The van der Waals surface area contributed by atoms with Crippen molar-refractivity contribution < 1.29 is 9.53 Å². The summed E-state index contributed by atoms with van der Waals surface area (Å²) in [4.78, 5) is 22.9. The molecule has 5 heteroatoms. The molecule has 0 saturated carbocycles. The minimum absolute atomic E-state index is 0.0997. The second-order valence-electron chi connectivity index (χ2n) is 4.44. The van der Waals surface area contributed by atoms with Crippen LogP contribution in [0, 0.1) is 0 Å². The molecule has 5 nitrogen and oxygen atoms in total. The van der Waals surface area contributed by atoms with Crippen molar-refractivity contribution in [2.45, 2.75) is 39.0 Å². The summed E-state index contributed by atoms with van der Waals surface area (Å²) < 4.78 is 4.88. The molecule has 1 N–H and O–H groups in total. The average Bonchev–Trinajstić information content (AvgIpc) is 2.81. The van der Waals surface area contributed by atoms with Crippen LogP contribution in [0.1, 0.15) is 38.4 Å². The number of carbonyl (C=O) groups excluding carboxylic acids is 1. The van der Waals surface area contributed by atoms with Gasteiger partial charge in [-0.15, -0.1) is 0 Å². The summed E-state index contributed by atoms with van der Waals surface area (Å²) in [7, 11) is 0. The highest BCUT2D eigenvalue weighted by molar-refractivity contribution is 5.73. The van der Waals surface area contributed by atoms with E-state index in [1.807, 2.05) is 13.0 Å². The second kappa shape index (κ2) is 6.87. The molecule has 0 spiro atoms. The quantitative estimate of drug-likeness (QED) is 0.614. The van der Waals surface area contributed by atoms with Crippen molar-refractivity contribution in [3.05, 3.63) is 24.3 Å². The number of aryl methyl sites for hydroxylation is 1. The van der Waals surface area contributed by atoms with Crippen molar-refractivity contribution in [2.24, 2.45) is 0 Å². The maximum Gasteiger partial charge on any atom is 0.305 e. The molecular formula is C14H19N3O2. The first kappa shape index (κ1) is 13.5. The van der Waals surface area contributed by atoms with E-state index in [0.717, 1.165) is 42.5 Å². The molecule has 2 heterocycles. The fourth-order valence-electron chi connectivity index (χ4n) is 2.00. The summed E-state index contributed by atoms with van der Waals surface area (Å²) in [6, 6.07) is 1.90. The van der Waals surface area contributed by atoms with Gasteiger partial charge in [-0.3, -0.25) is 9.78 Å². The lowest BCUT2D eigenvalue weighted by Crippen LogP contribution is -2.03. The standard InChI is InChI=1S/C14H19N3O2/c1-2-19-14(18)7-5-3-4-6-13-16-11-8-9-15-10-12(11)17-13/h8-10H,2-7H2,1H3,(H,16,17). The van der Waals surface area contributed by atoms with Crippen molar-refractivity contribution in [2.75, 3.05) is 6.61 Å². The van der Waals surface area contributed by atoms with E-state index in [2.05, 4.69) is 15.0 Å². The zero-order valence-corrected chi connectivity index (χ0v) is 11.2. The summed E-state index contributed by atoms with van der Waals surface area (Å²) in [6.07, 6.45) is 7.84. The highest BCUT2D eigenvalue weighted by Crippen LogP contribution is 2.11. The molecule has 0 fully saturated rings. The molecule has 102 valence electrons. The number of hydrogen-bond acceptors (Lipinski definition) is 4. The lowest BCUT2D eigenvalue weighted by atomic mass is 10.1. The van der Waals surface area contributed by atoms with Crippen LogP contribution in [0.4, 0.5) is 0 Å². The highest BCUT2D eigenvalue weighted by Gasteiger charge is 2.03. The van der Waals surface area contributed by atoms with E-state index in [-0.39, 0.29) is 5.97 Å². The molecule has 0 aliphatic rings. The number of unbranched alkanes of at least 4 members (excludes halogenated alkanes) is 2. The fourth-order valence-corrected chi connectivity index (χ4v) is 2.00. The van der Waals surface area contributed by atoms with Crippen LogP contribution >= 0.6 is 0 Å². The van der Waals surface area contributed by atoms with Crippen molar-refractivity contribution in [3.8, 4) is 0 Å². The molecule has 0 amide bonds. The monoisotopic (exact) mass is 261 g/mol. The number of ether oxygens (including phenoxy) is 1. The number of imidazole rings is 1. The van der Waals surface area contributed by atoms with E-state index < -0.39 is 0 Å². The third-order valence-corrected chi connectivity index (χ3v) is 2.93. The molecule has 0 unspecified atom stereocenters. The van der Waals surface area contributed by atoms with Gasteiger partial charge < -0.3 is 9.72 Å². The molecule has 0 bridgehead atoms. The Morgan fingerprint density at radius 3 is 3.05 bits per heavy atom. The first-order valence-electron chi connectivity index (χ1n) is 6.74. The van der Waals surface area contributed by atoms with Crippen LogP contribution in [-0.2, 0) is 16.0 Å².